The molecule has 3 aromatic carbocycles. The van der Waals surface area contributed by atoms with E-state index in [0.717, 1.165) is 11.1 Å². The standard InChI is InChI=1S/C24H16Cl2FN3O/c1-14-4-3-5-15(10-14)24-29-20(13-28)23(18-11-16(25)7-9-22(18)31-2)30(24)21-12-17(26)6-8-19(21)27/h3-12H,1-2H3. The number of aryl methyl sites for hydroxylation is 1. The minimum absolute atomic E-state index is 0.108. The molecule has 4 rings (SSSR count). The van der Waals surface area contributed by atoms with E-state index >= 15 is 4.39 Å². The summed E-state index contributed by atoms with van der Waals surface area (Å²) in [6.07, 6.45) is 0. The monoisotopic (exact) mass is 451 g/mol. The molecular formula is C24H16Cl2FN3O. The Morgan fingerprint density at radius 1 is 1.03 bits per heavy atom. The smallest absolute Gasteiger partial charge is 0.167 e. The molecule has 0 saturated heterocycles. The molecule has 0 aliphatic heterocycles. The second-order valence-electron chi connectivity index (χ2n) is 6.89. The summed E-state index contributed by atoms with van der Waals surface area (Å²) in [5.74, 6) is 0.362. The first-order valence-corrected chi connectivity index (χ1v) is 10.1. The Labute approximate surface area is 189 Å². The largest absolute Gasteiger partial charge is 0.496 e. The Morgan fingerprint density at radius 3 is 2.48 bits per heavy atom. The van der Waals surface area contributed by atoms with E-state index in [-0.39, 0.29) is 11.4 Å². The van der Waals surface area contributed by atoms with Crippen molar-refractivity contribution >= 4 is 23.2 Å². The van der Waals surface area contributed by atoms with Gasteiger partial charge in [0.1, 0.15) is 23.5 Å². The van der Waals surface area contributed by atoms with Crippen LogP contribution in [0.2, 0.25) is 10.0 Å². The van der Waals surface area contributed by atoms with Crippen molar-refractivity contribution in [1.82, 2.24) is 9.55 Å². The van der Waals surface area contributed by atoms with Crippen molar-refractivity contribution in [2.75, 3.05) is 7.11 Å². The Balaban J connectivity index is 2.17. The third kappa shape index (κ3) is 3.88. The molecule has 0 aliphatic rings. The molecule has 1 aromatic heterocycles. The van der Waals surface area contributed by atoms with Crippen molar-refractivity contribution in [1.29, 1.82) is 5.26 Å². The average molecular weight is 452 g/mol. The fourth-order valence-electron chi connectivity index (χ4n) is 3.48. The van der Waals surface area contributed by atoms with Crippen molar-refractivity contribution < 1.29 is 9.13 Å². The fraction of sp³-hybridized carbons (Fsp3) is 0.0833. The molecule has 0 aliphatic carbocycles. The van der Waals surface area contributed by atoms with Crippen molar-refractivity contribution in [3.05, 3.63) is 87.8 Å². The van der Waals surface area contributed by atoms with Crippen LogP contribution in [0.4, 0.5) is 4.39 Å². The van der Waals surface area contributed by atoms with E-state index in [2.05, 4.69) is 11.1 Å². The SMILES string of the molecule is COc1ccc(Cl)cc1-c1c(C#N)nc(-c2cccc(C)c2)n1-c1cc(Cl)ccc1F. The zero-order valence-corrected chi connectivity index (χ0v) is 18.2. The molecule has 7 heteroatoms. The number of aromatic nitrogens is 2. The van der Waals surface area contributed by atoms with E-state index in [1.807, 2.05) is 31.2 Å². The lowest BCUT2D eigenvalue weighted by Crippen LogP contribution is -2.04. The number of methoxy groups -OCH3 is 1. The molecule has 4 aromatic rings. The first-order chi connectivity index (χ1) is 14.9. The predicted molar refractivity (Wildman–Crippen MR) is 120 cm³/mol. The van der Waals surface area contributed by atoms with E-state index in [4.69, 9.17) is 27.9 Å². The van der Waals surface area contributed by atoms with Gasteiger partial charge in [0.2, 0.25) is 0 Å². The van der Waals surface area contributed by atoms with Gasteiger partial charge in [-0.3, -0.25) is 4.57 Å². The topological polar surface area (TPSA) is 50.8 Å². The van der Waals surface area contributed by atoms with Gasteiger partial charge in [-0.05, 0) is 49.4 Å². The van der Waals surface area contributed by atoms with Gasteiger partial charge in [0.25, 0.3) is 0 Å². The molecule has 0 atom stereocenters. The first-order valence-electron chi connectivity index (χ1n) is 9.32. The van der Waals surface area contributed by atoms with Gasteiger partial charge in [0.05, 0.1) is 18.5 Å². The Morgan fingerprint density at radius 2 is 1.77 bits per heavy atom. The molecule has 0 amide bonds. The van der Waals surface area contributed by atoms with Crippen LogP contribution in [0.5, 0.6) is 5.75 Å². The Kier molecular flexibility index (Phi) is 5.69. The second-order valence-corrected chi connectivity index (χ2v) is 7.76. The maximum absolute atomic E-state index is 15.1. The lowest BCUT2D eigenvalue weighted by Gasteiger charge is -2.16. The third-order valence-corrected chi connectivity index (χ3v) is 5.30. The van der Waals surface area contributed by atoms with E-state index < -0.39 is 5.82 Å². The van der Waals surface area contributed by atoms with Crippen molar-refractivity contribution in [2.24, 2.45) is 0 Å². The minimum atomic E-state index is -0.512. The summed E-state index contributed by atoms with van der Waals surface area (Å²) in [5.41, 5.74) is 2.87. The summed E-state index contributed by atoms with van der Waals surface area (Å²) in [6, 6.07) is 19.0. The van der Waals surface area contributed by atoms with Crippen LogP contribution in [0.15, 0.2) is 60.7 Å². The molecule has 0 bridgehead atoms. The molecule has 1 heterocycles. The summed E-state index contributed by atoms with van der Waals surface area (Å²) in [6.45, 7) is 1.95. The highest BCUT2D eigenvalue weighted by atomic mass is 35.5. The first kappa shape index (κ1) is 20.9. The highest BCUT2D eigenvalue weighted by molar-refractivity contribution is 6.31. The van der Waals surface area contributed by atoms with Gasteiger partial charge < -0.3 is 4.74 Å². The molecule has 4 nitrogen and oxygen atoms in total. The average Bonchev–Trinajstić information content (AvgIpc) is 3.14. The highest BCUT2D eigenvalue weighted by Crippen LogP contribution is 2.40. The van der Waals surface area contributed by atoms with Gasteiger partial charge in [0.15, 0.2) is 5.69 Å². The van der Waals surface area contributed by atoms with E-state index in [1.54, 1.807) is 22.8 Å². The van der Waals surface area contributed by atoms with Gasteiger partial charge in [-0.15, -0.1) is 0 Å². The molecule has 0 fully saturated rings. The maximum Gasteiger partial charge on any atom is 0.167 e. The molecule has 0 radical (unpaired) electrons. The Hall–Kier alpha value is -3.33. The van der Waals surface area contributed by atoms with Gasteiger partial charge in [-0.1, -0.05) is 47.0 Å². The predicted octanol–water partition coefficient (Wildman–Crippen LogP) is 6.84. The van der Waals surface area contributed by atoms with Crippen molar-refractivity contribution in [3.63, 3.8) is 0 Å². The summed E-state index contributed by atoms with van der Waals surface area (Å²) in [4.78, 5) is 4.56. The molecule has 0 unspecified atom stereocenters. The van der Waals surface area contributed by atoms with Crippen LogP contribution >= 0.6 is 23.2 Å². The van der Waals surface area contributed by atoms with E-state index in [0.29, 0.717) is 32.9 Å². The van der Waals surface area contributed by atoms with E-state index in [9.17, 15) is 5.26 Å². The number of rotatable bonds is 4. The van der Waals surface area contributed by atoms with Gasteiger partial charge in [-0.25, -0.2) is 9.37 Å². The molecule has 31 heavy (non-hydrogen) atoms. The third-order valence-electron chi connectivity index (χ3n) is 4.83. The number of ether oxygens (including phenoxy) is 1. The number of halogens is 3. The van der Waals surface area contributed by atoms with Crippen LogP contribution in [0.25, 0.3) is 28.3 Å². The number of imidazole rings is 1. The van der Waals surface area contributed by atoms with Gasteiger partial charge in [-0.2, -0.15) is 5.26 Å². The van der Waals surface area contributed by atoms with Crippen LogP contribution in [0.3, 0.4) is 0 Å². The van der Waals surface area contributed by atoms with Crippen molar-refractivity contribution in [3.8, 4) is 40.2 Å². The normalized spacial score (nSPS) is 10.7. The quantitative estimate of drug-likeness (QED) is 0.341. The van der Waals surface area contributed by atoms with Crippen LogP contribution in [-0.2, 0) is 0 Å². The number of hydrogen-bond donors (Lipinski definition) is 0. The molecule has 0 spiro atoms. The highest BCUT2D eigenvalue weighted by Gasteiger charge is 2.25. The lowest BCUT2D eigenvalue weighted by atomic mass is 10.1. The molecular weight excluding hydrogens is 436 g/mol. The van der Waals surface area contributed by atoms with Crippen LogP contribution < -0.4 is 4.74 Å². The van der Waals surface area contributed by atoms with Gasteiger partial charge >= 0.3 is 0 Å². The maximum atomic E-state index is 15.1. The Bertz CT molecular complexity index is 1340. The van der Waals surface area contributed by atoms with Crippen LogP contribution in [0, 0.1) is 24.1 Å². The number of nitrogens with zero attached hydrogens (tertiary/aromatic N) is 3. The number of benzene rings is 3. The number of nitriles is 1. The summed E-state index contributed by atoms with van der Waals surface area (Å²) in [5, 5.41) is 10.7. The molecule has 0 N–H and O–H groups in total. The summed E-state index contributed by atoms with van der Waals surface area (Å²) >= 11 is 12.5. The number of hydrogen-bond acceptors (Lipinski definition) is 3. The van der Waals surface area contributed by atoms with Crippen LogP contribution in [-0.4, -0.2) is 16.7 Å². The summed E-state index contributed by atoms with van der Waals surface area (Å²) < 4.78 is 22.1. The molecule has 0 saturated carbocycles. The fourth-order valence-corrected chi connectivity index (χ4v) is 3.82. The van der Waals surface area contributed by atoms with Crippen molar-refractivity contribution in [2.45, 2.75) is 6.92 Å². The minimum Gasteiger partial charge on any atom is -0.496 e. The second kappa shape index (κ2) is 8.43. The van der Waals surface area contributed by atoms with Crippen LogP contribution in [0.1, 0.15) is 11.3 Å². The zero-order valence-electron chi connectivity index (χ0n) is 16.7. The van der Waals surface area contributed by atoms with E-state index in [1.165, 1.54) is 25.3 Å². The molecule has 154 valence electrons. The summed E-state index contributed by atoms with van der Waals surface area (Å²) in [7, 11) is 1.51. The zero-order chi connectivity index (χ0) is 22.1. The van der Waals surface area contributed by atoms with Gasteiger partial charge in [0, 0.05) is 21.2 Å². The lowest BCUT2D eigenvalue weighted by molar-refractivity contribution is 0.416.